The Bertz CT molecular complexity index is 1140. The van der Waals surface area contributed by atoms with Gasteiger partial charge in [0.2, 0.25) is 5.95 Å². The van der Waals surface area contributed by atoms with Crippen molar-refractivity contribution in [1.82, 2.24) is 30.0 Å². The number of carbonyl (C=O) groups is 1. The van der Waals surface area contributed by atoms with Gasteiger partial charge in [0, 0.05) is 50.8 Å². The van der Waals surface area contributed by atoms with Gasteiger partial charge in [-0.15, -0.1) is 6.58 Å². The lowest BCUT2D eigenvalue weighted by Gasteiger charge is -2.29. The Labute approximate surface area is 199 Å². The molecule has 34 heavy (non-hydrogen) atoms. The molecular weight excluding hydrogens is 432 g/mol. The molecule has 0 aliphatic carbocycles. The zero-order chi connectivity index (χ0) is 23.9. The van der Waals surface area contributed by atoms with Gasteiger partial charge in [0.1, 0.15) is 23.2 Å². The molecule has 3 heterocycles. The number of hydrogen-bond donors (Lipinski definition) is 3. The minimum absolute atomic E-state index is 0.195. The molecule has 1 saturated heterocycles. The van der Waals surface area contributed by atoms with Gasteiger partial charge in [-0.1, -0.05) is 12.1 Å². The molecule has 3 aromatic rings. The predicted molar refractivity (Wildman–Crippen MR) is 132 cm³/mol. The van der Waals surface area contributed by atoms with Crippen molar-refractivity contribution in [3.05, 3.63) is 61.1 Å². The molecule has 1 aliphatic rings. The Morgan fingerprint density at radius 1 is 1.21 bits per heavy atom. The highest BCUT2D eigenvalue weighted by Gasteiger charge is 2.19. The lowest BCUT2D eigenvalue weighted by molar-refractivity contribution is 0.0958. The molecule has 0 bridgehead atoms. The van der Waals surface area contributed by atoms with E-state index in [1.54, 1.807) is 17.0 Å². The van der Waals surface area contributed by atoms with Crippen LogP contribution in [-0.2, 0) is 7.05 Å². The number of rotatable bonds is 9. The average molecular weight is 463 g/mol. The van der Waals surface area contributed by atoms with Crippen LogP contribution >= 0.6 is 0 Å². The second-order valence-electron chi connectivity index (χ2n) is 8.26. The first-order valence-electron chi connectivity index (χ1n) is 11.2. The number of aromatic nitrogens is 4. The molecule has 1 fully saturated rings. The van der Waals surface area contributed by atoms with Crippen molar-refractivity contribution >= 4 is 29.0 Å². The van der Waals surface area contributed by atoms with E-state index in [9.17, 15) is 4.79 Å². The second kappa shape index (κ2) is 10.8. The highest BCUT2D eigenvalue weighted by molar-refractivity contribution is 5.99. The molecule has 10 heteroatoms. The number of anilines is 4. The minimum Gasteiger partial charge on any atom is -0.490 e. The Morgan fingerprint density at radius 3 is 2.76 bits per heavy atom. The molecule has 0 spiro atoms. The van der Waals surface area contributed by atoms with Crippen molar-refractivity contribution in [2.45, 2.75) is 18.9 Å². The molecule has 10 nitrogen and oxygen atoms in total. The van der Waals surface area contributed by atoms with Crippen molar-refractivity contribution in [2.24, 2.45) is 7.05 Å². The SMILES string of the molecule is C=CCNC(=O)c1cnc(Nc2cnn(C)c2)nc1Nc1cccc(OC2CCN(C)CC2)c1. The lowest BCUT2D eigenvalue weighted by atomic mass is 10.1. The normalized spacial score (nSPS) is 14.4. The van der Waals surface area contributed by atoms with Crippen LogP contribution in [0.1, 0.15) is 23.2 Å². The minimum atomic E-state index is -0.297. The first kappa shape index (κ1) is 23.2. The number of likely N-dealkylation sites (tertiary alicyclic amines) is 1. The third-order valence-electron chi connectivity index (χ3n) is 5.47. The third kappa shape index (κ3) is 6.10. The second-order valence-corrected chi connectivity index (χ2v) is 8.26. The fourth-order valence-corrected chi connectivity index (χ4v) is 3.66. The zero-order valence-corrected chi connectivity index (χ0v) is 19.5. The summed E-state index contributed by atoms with van der Waals surface area (Å²) in [7, 11) is 3.95. The maximum absolute atomic E-state index is 12.7. The average Bonchev–Trinajstić information content (AvgIpc) is 3.24. The van der Waals surface area contributed by atoms with Crippen LogP contribution in [0.4, 0.5) is 23.1 Å². The van der Waals surface area contributed by atoms with Crippen LogP contribution in [-0.4, -0.2) is 63.3 Å². The smallest absolute Gasteiger partial charge is 0.256 e. The maximum atomic E-state index is 12.7. The summed E-state index contributed by atoms with van der Waals surface area (Å²) in [5.41, 5.74) is 1.82. The van der Waals surface area contributed by atoms with Gasteiger partial charge in [0.05, 0.1) is 11.9 Å². The van der Waals surface area contributed by atoms with Gasteiger partial charge in [0.15, 0.2) is 0 Å². The van der Waals surface area contributed by atoms with Crippen LogP contribution in [0.15, 0.2) is 55.5 Å². The summed E-state index contributed by atoms with van der Waals surface area (Å²) in [6, 6.07) is 7.68. The van der Waals surface area contributed by atoms with Crippen LogP contribution in [0.5, 0.6) is 5.75 Å². The molecule has 4 rings (SSSR count). The quantitative estimate of drug-likeness (QED) is 0.416. The zero-order valence-electron chi connectivity index (χ0n) is 19.5. The molecular formula is C24H30N8O2. The molecule has 0 saturated carbocycles. The number of carbonyl (C=O) groups excluding carboxylic acids is 1. The van der Waals surface area contributed by atoms with Crippen LogP contribution in [0.2, 0.25) is 0 Å². The first-order chi connectivity index (χ1) is 16.5. The van der Waals surface area contributed by atoms with Gasteiger partial charge in [-0.05, 0) is 32.0 Å². The topological polar surface area (TPSA) is 109 Å². The molecule has 0 unspecified atom stereocenters. The van der Waals surface area contributed by atoms with Crippen LogP contribution in [0.3, 0.4) is 0 Å². The number of nitrogens with one attached hydrogen (secondary N) is 3. The van der Waals surface area contributed by atoms with Crippen molar-refractivity contribution in [1.29, 1.82) is 0 Å². The largest absolute Gasteiger partial charge is 0.490 e. The van der Waals surface area contributed by atoms with Crippen molar-refractivity contribution in [3.8, 4) is 5.75 Å². The van der Waals surface area contributed by atoms with Gasteiger partial charge in [-0.2, -0.15) is 10.1 Å². The fraction of sp³-hybridized carbons (Fsp3) is 0.333. The third-order valence-corrected chi connectivity index (χ3v) is 5.47. The Kier molecular flexibility index (Phi) is 7.38. The summed E-state index contributed by atoms with van der Waals surface area (Å²) in [5, 5.41) is 13.3. The molecule has 0 radical (unpaired) electrons. The van der Waals surface area contributed by atoms with Crippen molar-refractivity contribution in [2.75, 3.05) is 37.3 Å². The molecule has 1 aromatic carbocycles. The predicted octanol–water partition coefficient (Wildman–Crippen LogP) is 3.09. The number of hydrogen-bond acceptors (Lipinski definition) is 8. The molecule has 0 atom stereocenters. The Hall–Kier alpha value is -3.92. The number of nitrogens with zero attached hydrogens (tertiary/aromatic N) is 5. The monoisotopic (exact) mass is 462 g/mol. The molecule has 2 aromatic heterocycles. The molecule has 178 valence electrons. The van der Waals surface area contributed by atoms with E-state index in [0.717, 1.165) is 43.1 Å². The van der Waals surface area contributed by atoms with Gasteiger partial charge >= 0.3 is 0 Å². The number of piperidine rings is 1. The van der Waals surface area contributed by atoms with E-state index in [2.05, 4.69) is 49.5 Å². The van der Waals surface area contributed by atoms with Gasteiger partial charge < -0.3 is 25.6 Å². The van der Waals surface area contributed by atoms with E-state index in [1.165, 1.54) is 6.20 Å². The summed E-state index contributed by atoms with van der Waals surface area (Å²) in [6.07, 6.45) is 8.78. The number of benzene rings is 1. The Morgan fingerprint density at radius 2 is 2.03 bits per heavy atom. The fourth-order valence-electron chi connectivity index (χ4n) is 3.66. The molecule has 3 N–H and O–H groups in total. The van der Waals surface area contributed by atoms with E-state index in [1.807, 2.05) is 37.5 Å². The standard InChI is InChI=1S/C24H30N8O2/c1-4-10-25-23(33)21-15-26-24(29-18-14-27-32(3)16-18)30-22(21)28-17-6-5-7-20(13-17)34-19-8-11-31(2)12-9-19/h4-7,13-16,19H,1,8-12H2,2-3H3,(H,25,33)(H2,26,28,29,30). The van der Waals surface area contributed by atoms with E-state index >= 15 is 0 Å². The number of ether oxygens (including phenoxy) is 1. The van der Waals surface area contributed by atoms with Gasteiger partial charge in [0.25, 0.3) is 5.91 Å². The highest BCUT2D eigenvalue weighted by Crippen LogP contribution is 2.26. The number of aryl methyl sites for hydroxylation is 1. The lowest BCUT2D eigenvalue weighted by Crippen LogP contribution is -2.35. The summed E-state index contributed by atoms with van der Waals surface area (Å²) in [5.74, 6) is 1.20. The summed E-state index contributed by atoms with van der Waals surface area (Å²) < 4.78 is 7.88. The van der Waals surface area contributed by atoms with Gasteiger partial charge in [-0.3, -0.25) is 9.48 Å². The van der Waals surface area contributed by atoms with Crippen LogP contribution < -0.4 is 20.7 Å². The Balaban J connectivity index is 1.55. The van der Waals surface area contributed by atoms with E-state index in [-0.39, 0.29) is 12.0 Å². The van der Waals surface area contributed by atoms with E-state index < -0.39 is 0 Å². The number of amides is 1. The summed E-state index contributed by atoms with van der Waals surface area (Å²) >= 11 is 0. The van der Waals surface area contributed by atoms with Crippen LogP contribution in [0.25, 0.3) is 0 Å². The van der Waals surface area contributed by atoms with Crippen molar-refractivity contribution in [3.63, 3.8) is 0 Å². The first-order valence-corrected chi connectivity index (χ1v) is 11.2. The maximum Gasteiger partial charge on any atom is 0.256 e. The van der Waals surface area contributed by atoms with E-state index in [0.29, 0.717) is 23.9 Å². The molecule has 1 aliphatic heterocycles. The summed E-state index contributed by atoms with van der Waals surface area (Å²) in [6.45, 7) is 6.04. The van der Waals surface area contributed by atoms with Crippen LogP contribution in [0, 0.1) is 0 Å². The summed E-state index contributed by atoms with van der Waals surface area (Å²) in [4.78, 5) is 23.9. The highest BCUT2D eigenvalue weighted by atomic mass is 16.5. The van der Waals surface area contributed by atoms with Crippen molar-refractivity contribution < 1.29 is 9.53 Å². The van der Waals surface area contributed by atoms with E-state index in [4.69, 9.17) is 4.74 Å². The van der Waals surface area contributed by atoms with Gasteiger partial charge in [-0.25, -0.2) is 4.98 Å². The molecule has 1 amide bonds.